The van der Waals surface area contributed by atoms with Gasteiger partial charge in [-0.2, -0.15) is 8.42 Å². The van der Waals surface area contributed by atoms with E-state index in [1.807, 2.05) is 0 Å². The van der Waals surface area contributed by atoms with E-state index >= 15 is 0 Å². The number of anilines is 2. The van der Waals surface area contributed by atoms with Gasteiger partial charge in [-0.1, -0.05) is 6.07 Å². The number of carbonyl (C=O) groups excluding carboxylic acids is 1. The number of nitrogens with two attached hydrogens (primary N) is 1. The molecule has 0 radical (unpaired) electrons. The summed E-state index contributed by atoms with van der Waals surface area (Å²) in [6.45, 7) is 0. The number of nitrogens with one attached hydrogen (secondary N) is 2. The van der Waals surface area contributed by atoms with Crippen molar-refractivity contribution in [1.82, 2.24) is 4.98 Å². The molecule has 1 amide bonds. The Labute approximate surface area is 120 Å². The number of benzene rings is 1. The molecule has 0 saturated heterocycles. The largest absolute Gasteiger partial charge is 0.321 e. The second kappa shape index (κ2) is 5.85. The molecule has 0 unspecified atom stereocenters. The van der Waals surface area contributed by atoms with Gasteiger partial charge in [0.05, 0.1) is 11.9 Å². The van der Waals surface area contributed by atoms with Crippen molar-refractivity contribution >= 4 is 27.5 Å². The first-order valence-corrected chi connectivity index (χ1v) is 7.22. The van der Waals surface area contributed by atoms with Crippen LogP contribution < -0.4 is 15.2 Å². The van der Waals surface area contributed by atoms with Gasteiger partial charge in [-0.25, -0.2) is 14.5 Å². The minimum atomic E-state index is -3.90. The molecule has 0 spiro atoms. The van der Waals surface area contributed by atoms with Crippen LogP contribution in [-0.4, -0.2) is 19.3 Å². The summed E-state index contributed by atoms with van der Waals surface area (Å²) in [6, 6.07) is 8.27. The van der Waals surface area contributed by atoms with Gasteiger partial charge >= 0.3 is 0 Å². The van der Waals surface area contributed by atoms with Crippen molar-refractivity contribution in [3.05, 3.63) is 54.1 Å². The highest BCUT2D eigenvalue weighted by Gasteiger charge is 2.09. The quantitative estimate of drug-likeness (QED) is 0.784. The molecule has 0 fully saturated rings. The Morgan fingerprint density at radius 2 is 1.90 bits per heavy atom. The molecule has 0 aliphatic carbocycles. The number of rotatable bonds is 4. The van der Waals surface area contributed by atoms with Crippen LogP contribution in [-0.2, 0) is 10.2 Å². The summed E-state index contributed by atoms with van der Waals surface area (Å²) >= 11 is 0. The van der Waals surface area contributed by atoms with Crippen LogP contribution in [0.3, 0.4) is 0 Å². The second-order valence-electron chi connectivity index (χ2n) is 4.04. The zero-order chi connectivity index (χ0) is 15.5. The minimum Gasteiger partial charge on any atom is -0.321 e. The molecule has 1 aromatic carbocycles. The summed E-state index contributed by atoms with van der Waals surface area (Å²) < 4.78 is 36.6. The topological polar surface area (TPSA) is 114 Å². The van der Waals surface area contributed by atoms with E-state index in [-0.39, 0.29) is 11.4 Å². The average Bonchev–Trinajstić information content (AvgIpc) is 2.37. The predicted molar refractivity (Wildman–Crippen MR) is 75.3 cm³/mol. The molecule has 1 heterocycles. The van der Waals surface area contributed by atoms with Gasteiger partial charge < -0.3 is 5.32 Å². The number of carbonyl (C=O) groups is 1. The van der Waals surface area contributed by atoms with E-state index in [0.717, 1.165) is 12.3 Å². The number of hydrogen-bond donors (Lipinski definition) is 3. The molecule has 0 aliphatic rings. The lowest BCUT2D eigenvalue weighted by molar-refractivity contribution is 0.102. The lowest BCUT2D eigenvalue weighted by atomic mass is 10.2. The fourth-order valence-electron chi connectivity index (χ4n) is 1.53. The van der Waals surface area contributed by atoms with Gasteiger partial charge in [0, 0.05) is 5.69 Å². The van der Waals surface area contributed by atoms with Crippen LogP contribution in [0.15, 0.2) is 42.6 Å². The molecule has 0 saturated carbocycles. The molecule has 0 atom stereocenters. The smallest absolute Gasteiger partial charge is 0.296 e. The maximum Gasteiger partial charge on any atom is 0.296 e. The molecule has 21 heavy (non-hydrogen) atoms. The SMILES string of the molecule is NS(=O)(=O)Nc1cccc(NC(=O)c2ccc(F)cn2)c1. The van der Waals surface area contributed by atoms with Gasteiger partial charge in [-0.15, -0.1) is 0 Å². The van der Waals surface area contributed by atoms with Gasteiger partial charge in [0.15, 0.2) is 0 Å². The van der Waals surface area contributed by atoms with E-state index in [1.54, 1.807) is 6.07 Å². The van der Waals surface area contributed by atoms with Gasteiger partial charge in [0.1, 0.15) is 11.5 Å². The lowest BCUT2D eigenvalue weighted by Gasteiger charge is -2.08. The number of hydrogen-bond acceptors (Lipinski definition) is 4. The van der Waals surface area contributed by atoms with Crippen molar-refractivity contribution in [1.29, 1.82) is 0 Å². The normalized spacial score (nSPS) is 11.0. The molecule has 0 bridgehead atoms. The molecule has 4 N–H and O–H groups in total. The first-order valence-electron chi connectivity index (χ1n) is 5.67. The van der Waals surface area contributed by atoms with Gasteiger partial charge in [-0.05, 0) is 30.3 Å². The van der Waals surface area contributed by atoms with Crippen molar-refractivity contribution in [2.75, 3.05) is 10.0 Å². The number of nitrogens with zero attached hydrogens (tertiary/aromatic N) is 1. The van der Waals surface area contributed by atoms with E-state index in [2.05, 4.69) is 15.0 Å². The first kappa shape index (κ1) is 14.9. The predicted octanol–water partition coefficient (Wildman–Crippen LogP) is 1.09. The Kier molecular flexibility index (Phi) is 4.15. The highest BCUT2D eigenvalue weighted by Crippen LogP contribution is 2.16. The highest BCUT2D eigenvalue weighted by atomic mass is 32.2. The van der Waals surface area contributed by atoms with Crippen molar-refractivity contribution in [3.63, 3.8) is 0 Å². The third-order valence-electron chi connectivity index (χ3n) is 2.34. The molecule has 7 nitrogen and oxygen atoms in total. The van der Waals surface area contributed by atoms with Crippen LogP contribution in [0.4, 0.5) is 15.8 Å². The highest BCUT2D eigenvalue weighted by molar-refractivity contribution is 7.90. The van der Waals surface area contributed by atoms with Crippen molar-refractivity contribution in [2.45, 2.75) is 0 Å². The van der Waals surface area contributed by atoms with Gasteiger partial charge in [-0.3, -0.25) is 9.52 Å². The summed E-state index contributed by atoms with van der Waals surface area (Å²) in [5.74, 6) is -1.10. The minimum absolute atomic E-state index is 0.0289. The van der Waals surface area contributed by atoms with Crippen LogP contribution >= 0.6 is 0 Å². The Balaban J connectivity index is 2.14. The molecule has 9 heteroatoms. The number of amides is 1. The molecule has 2 aromatic rings. The monoisotopic (exact) mass is 310 g/mol. The van der Waals surface area contributed by atoms with E-state index in [0.29, 0.717) is 5.69 Å². The third kappa shape index (κ3) is 4.51. The summed E-state index contributed by atoms with van der Waals surface area (Å²) in [5, 5.41) is 7.36. The standard InChI is InChI=1S/C12H11FN4O3S/c13-8-4-5-11(15-7-8)12(18)16-9-2-1-3-10(6-9)17-21(14,19)20/h1-7,17H,(H,16,18)(H2,14,19,20). The van der Waals surface area contributed by atoms with E-state index < -0.39 is 21.9 Å². The summed E-state index contributed by atoms with van der Waals surface area (Å²) in [4.78, 5) is 15.5. The van der Waals surface area contributed by atoms with Crippen LogP contribution in [0.2, 0.25) is 0 Å². The van der Waals surface area contributed by atoms with Crippen molar-refractivity contribution in [2.24, 2.45) is 5.14 Å². The maximum atomic E-state index is 12.7. The zero-order valence-corrected chi connectivity index (χ0v) is 11.4. The lowest BCUT2D eigenvalue weighted by Crippen LogP contribution is -2.21. The Morgan fingerprint density at radius 1 is 1.19 bits per heavy atom. The van der Waals surface area contributed by atoms with Crippen molar-refractivity contribution in [3.8, 4) is 0 Å². The van der Waals surface area contributed by atoms with E-state index in [1.165, 1.54) is 24.3 Å². The summed E-state index contributed by atoms with van der Waals surface area (Å²) in [6.07, 6.45) is 0.924. The van der Waals surface area contributed by atoms with E-state index in [4.69, 9.17) is 5.14 Å². The molecule has 0 aliphatic heterocycles. The van der Waals surface area contributed by atoms with E-state index in [9.17, 15) is 17.6 Å². The number of aromatic nitrogens is 1. The Bertz CT molecular complexity index is 762. The van der Waals surface area contributed by atoms with Crippen molar-refractivity contribution < 1.29 is 17.6 Å². The Hall–Kier alpha value is -2.52. The molecule has 1 aromatic heterocycles. The molecule has 2 rings (SSSR count). The van der Waals surface area contributed by atoms with Crippen LogP contribution in [0.5, 0.6) is 0 Å². The van der Waals surface area contributed by atoms with Gasteiger partial charge in [0.2, 0.25) is 0 Å². The first-order chi connectivity index (χ1) is 9.83. The second-order valence-corrected chi connectivity index (χ2v) is 5.34. The molecule has 110 valence electrons. The van der Waals surface area contributed by atoms with Crippen LogP contribution in [0.25, 0.3) is 0 Å². The fraction of sp³-hybridized carbons (Fsp3) is 0. The number of pyridine rings is 1. The molecular formula is C12H11FN4O3S. The van der Waals surface area contributed by atoms with Crippen LogP contribution in [0, 0.1) is 5.82 Å². The fourth-order valence-corrected chi connectivity index (χ4v) is 1.99. The number of halogens is 1. The summed E-state index contributed by atoms with van der Waals surface area (Å²) in [5.41, 5.74) is 0.559. The van der Waals surface area contributed by atoms with Crippen LogP contribution in [0.1, 0.15) is 10.5 Å². The third-order valence-corrected chi connectivity index (χ3v) is 2.86. The maximum absolute atomic E-state index is 12.7. The molecular weight excluding hydrogens is 299 g/mol. The Morgan fingerprint density at radius 3 is 2.52 bits per heavy atom. The van der Waals surface area contributed by atoms with Gasteiger partial charge in [0.25, 0.3) is 16.1 Å². The average molecular weight is 310 g/mol. The zero-order valence-electron chi connectivity index (χ0n) is 10.6. The summed E-state index contributed by atoms with van der Waals surface area (Å²) in [7, 11) is -3.90.